The highest BCUT2D eigenvalue weighted by atomic mass is 16.2. The second kappa shape index (κ2) is 11.6. The Balaban J connectivity index is 1.17. The summed E-state index contributed by atoms with van der Waals surface area (Å²) in [6, 6.07) is 26.8. The van der Waals surface area contributed by atoms with Crippen molar-refractivity contribution in [3.63, 3.8) is 0 Å². The molecule has 0 radical (unpaired) electrons. The van der Waals surface area contributed by atoms with Crippen LogP contribution in [0.4, 0.5) is 0 Å². The maximum atomic E-state index is 13.2. The zero-order valence-corrected chi connectivity index (χ0v) is 21.1. The fourth-order valence-electron chi connectivity index (χ4n) is 5.61. The molecule has 2 heterocycles. The van der Waals surface area contributed by atoms with Crippen molar-refractivity contribution in [3.05, 3.63) is 107 Å². The Bertz CT molecular complexity index is 1180. The zero-order chi connectivity index (χ0) is 24.7. The minimum atomic E-state index is 0.137. The van der Waals surface area contributed by atoms with E-state index in [1.54, 1.807) is 0 Å². The first kappa shape index (κ1) is 24.3. The fraction of sp³-hybridized carbons (Fsp3) is 0.375. The molecule has 2 aliphatic heterocycles. The van der Waals surface area contributed by atoms with Crippen LogP contribution in [0.5, 0.6) is 0 Å². The van der Waals surface area contributed by atoms with Crippen LogP contribution in [0.3, 0.4) is 0 Å². The van der Waals surface area contributed by atoms with E-state index < -0.39 is 0 Å². The third-order valence-corrected chi connectivity index (χ3v) is 7.75. The zero-order valence-electron chi connectivity index (χ0n) is 21.1. The smallest absolute Gasteiger partial charge is 0.253 e. The molecule has 3 aromatic carbocycles. The monoisotopic (exact) mass is 480 g/mol. The molecule has 0 spiro atoms. The molecule has 186 valence electrons. The average molecular weight is 481 g/mol. The van der Waals surface area contributed by atoms with Crippen LogP contribution < -0.4 is 0 Å². The van der Waals surface area contributed by atoms with Gasteiger partial charge in [-0.2, -0.15) is 0 Å². The van der Waals surface area contributed by atoms with Crippen molar-refractivity contribution >= 4 is 11.8 Å². The number of piperidine rings is 2. The van der Waals surface area contributed by atoms with E-state index in [9.17, 15) is 9.59 Å². The van der Waals surface area contributed by atoms with Crippen molar-refractivity contribution < 1.29 is 9.59 Å². The van der Waals surface area contributed by atoms with Crippen molar-refractivity contribution in [2.24, 2.45) is 0 Å². The number of hydrogen-bond acceptors (Lipinski definition) is 2. The lowest BCUT2D eigenvalue weighted by Crippen LogP contribution is -2.37. The lowest BCUT2D eigenvalue weighted by Gasteiger charge is -2.32. The summed E-state index contributed by atoms with van der Waals surface area (Å²) >= 11 is 0. The van der Waals surface area contributed by atoms with Crippen LogP contribution in [0.25, 0.3) is 0 Å². The maximum Gasteiger partial charge on any atom is 0.253 e. The van der Waals surface area contributed by atoms with Crippen LogP contribution in [-0.4, -0.2) is 47.8 Å². The van der Waals surface area contributed by atoms with Gasteiger partial charge in [-0.3, -0.25) is 9.59 Å². The predicted molar refractivity (Wildman–Crippen MR) is 144 cm³/mol. The number of rotatable bonds is 6. The van der Waals surface area contributed by atoms with Crippen LogP contribution in [-0.2, 0) is 12.8 Å². The summed E-state index contributed by atoms with van der Waals surface area (Å²) in [7, 11) is 0. The molecule has 0 unspecified atom stereocenters. The molecule has 3 aromatic rings. The number of amides is 2. The van der Waals surface area contributed by atoms with Gasteiger partial charge in [-0.25, -0.2) is 0 Å². The van der Waals surface area contributed by atoms with Crippen LogP contribution in [0.2, 0.25) is 0 Å². The Morgan fingerprint density at radius 2 is 1.14 bits per heavy atom. The third kappa shape index (κ3) is 5.87. The van der Waals surface area contributed by atoms with E-state index in [0.717, 1.165) is 87.0 Å². The first-order valence-electron chi connectivity index (χ1n) is 13.5. The Morgan fingerprint density at radius 3 is 1.69 bits per heavy atom. The molecule has 2 saturated heterocycles. The van der Waals surface area contributed by atoms with Crippen molar-refractivity contribution in [1.82, 2.24) is 9.80 Å². The van der Waals surface area contributed by atoms with Gasteiger partial charge in [-0.15, -0.1) is 0 Å². The Labute approximate surface area is 214 Å². The van der Waals surface area contributed by atoms with Crippen molar-refractivity contribution in [1.29, 1.82) is 0 Å². The average Bonchev–Trinajstić information content (AvgIpc) is 2.96. The van der Waals surface area contributed by atoms with Gasteiger partial charge < -0.3 is 9.80 Å². The van der Waals surface area contributed by atoms with Gasteiger partial charge in [0.15, 0.2) is 0 Å². The molecule has 0 atom stereocenters. The molecule has 0 aromatic heterocycles. The molecule has 4 nitrogen and oxygen atoms in total. The van der Waals surface area contributed by atoms with E-state index in [1.165, 1.54) is 12.0 Å². The van der Waals surface area contributed by atoms with Crippen LogP contribution in [0.15, 0.2) is 78.9 Å². The van der Waals surface area contributed by atoms with Gasteiger partial charge in [0.2, 0.25) is 0 Å². The molecule has 4 heteroatoms. The van der Waals surface area contributed by atoms with E-state index in [4.69, 9.17) is 0 Å². The van der Waals surface area contributed by atoms with Crippen molar-refractivity contribution in [2.75, 3.05) is 26.2 Å². The van der Waals surface area contributed by atoms with E-state index in [2.05, 4.69) is 42.5 Å². The summed E-state index contributed by atoms with van der Waals surface area (Å²) in [4.78, 5) is 30.1. The Hall–Kier alpha value is -3.40. The molecule has 0 aliphatic carbocycles. The maximum absolute atomic E-state index is 13.2. The third-order valence-electron chi connectivity index (χ3n) is 7.75. The van der Waals surface area contributed by atoms with E-state index in [-0.39, 0.29) is 11.8 Å². The fourth-order valence-corrected chi connectivity index (χ4v) is 5.61. The highest BCUT2D eigenvalue weighted by Gasteiger charge is 2.24. The van der Waals surface area contributed by atoms with Crippen LogP contribution >= 0.6 is 0 Å². The molecular weight excluding hydrogens is 444 g/mol. The van der Waals surface area contributed by atoms with Crippen LogP contribution in [0.1, 0.15) is 75.4 Å². The summed E-state index contributed by atoms with van der Waals surface area (Å²) in [5.41, 5.74) is 5.27. The van der Waals surface area contributed by atoms with E-state index in [1.807, 2.05) is 46.2 Å². The Kier molecular flexibility index (Phi) is 7.80. The second-order valence-corrected chi connectivity index (χ2v) is 10.2. The van der Waals surface area contributed by atoms with Crippen molar-refractivity contribution in [2.45, 2.75) is 50.9 Å². The lowest BCUT2D eigenvalue weighted by atomic mass is 9.89. The van der Waals surface area contributed by atoms with Gasteiger partial charge in [0, 0.05) is 37.3 Å². The molecule has 2 fully saturated rings. The molecule has 36 heavy (non-hydrogen) atoms. The molecule has 0 bridgehead atoms. The number of nitrogens with zero attached hydrogens (tertiary/aromatic N) is 2. The normalized spacial score (nSPS) is 16.7. The van der Waals surface area contributed by atoms with Crippen LogP contribution in [0, 0.1) is 0 Å². The topological polar surface area (TPSA) is 40.6 Å². The van der Waals surface area contributed by atoms with E-state index in [0.29, 0.717) is 5.92 Å². The highest BCUT2D eigenvalue weighted by molar-refractivity contribution is 5.95. The van der Waals surface area contributed by atoms with Gasteiger partial charge in [-0.05, 0) is 91.8 Å². The predicted octanol–water partition coefficient (Wildman–Crippen LogP) is 6.12. The SMILES string of the molecule is O=C(c1cccc(CCc2cccc(C(=O)N3CCC(c4ccccc4)CC3)c2)c1)N1CCCCC1. The number of hydrogen-bond donors (Lipinski definition) is 0. The minimum absolute atomic E-state index is 0.137. The summed E-state index contributed by atoms with van der Waals surface area (Å²) in [6.45, 7) is 3.35. The molecule has 0 saturated carbocycles. The largest absolute Gasteiger partial charge is 0.339 e. The molecule has 2 amide bonds. The number of carbonyl (C=O) groups is 2. The van der Waals surface area contributed by atoms with Gasteiger partial charge in [0.05, 0.1) is 0 Å². The molecular formula is C32H36N2O2. The molecule has 0 N–H and O–H groups in total. The quantitative estimate of drug-likeness (QED) is 0.427. The first-order valence-corrected chi connectivity index (χ1v) is 13.5. The molecule has 5 rings (SSSR count). The summed E-state index contributed by atoms with van der Waals surface area (Å²) < 4.78 is 0. The summed E-state index contributed by atoms with van der Waals surface area (Å²) in [5, 5.41) is 0. The number of carbonyl (C=O) groups excluding carboxylic acids is 2. The summed E-state index contributed by atoms with van der Waals surface area (Å²) in [5.74, 6) is 0.830. The van der Waals surface area contributed by atoms with Gasteiger partial charge in [-0.1, -0.05) is 54.6 Å². The second-order valence-electron chi connectivity index (χ2n) is 10.2. The summed E-state index contributed by atoms with van der Waals surface area (Å²) in [6.07, 6.45) is 7.15. The highest BCUT2D eigenvalue weighted by Crippen LogP contribution is 2.28. The number of benzene rings is 3. The lowest BCUT2D eigenvalue weighted by molar-refractivity contribution is 0.0709. The Morgan fingerprint density at radius 1 is 0.611 bits per heavy atom. The van der Waals surface area contributed by atoms with Crippen molar-refractivity contribution in [3.8, 4) is 0 Å². The van der Waals surface area contributed by atoms with Gasteiger partial charge >= 0.3 is 0 Å². The first-order chi connectivity index (χ1) is 17.7. The number of aryl methyl sites for hydroxylation is 2. The van der Waals surface area contributed by atoms with Gasteiger partial charge in [0.1, 0.15) is 0 Å². The number of likely N-dealkylation sites (tertiary alicyclic amines) is 2. The standard InChI is InChI=1S/C32H36N2O2/c35-31(33-19-5-2-6-20-33)29-13-7-9-25(23-29)15-16-26-10-8-14-30(24-26)32(36)34-21-17-28(18-22-34)27-11-3-1-4-12-27/h1,3-4,7-14,23-24,28H,2,5-6,15-22H2. The van der Waals surface area contributed by atoms with Gasteiger partial charge in [0.25, 0.3) is 11.8 Å². The minimum Gasteiger partial charge on any atom is -0.339 e. The van der Waals surface area contributed by atoms with E-state index >= 15 is 0 Å². The molecule has 2 aliphatic rings.